The monoisotopic (exact) mass is 462 g/mol. The van der Waals surface area contributed by atoms with Crippen molar-refractivity contribution in [1.82, 2.24) is 9.80 Å². The number of nitrogens with zero attached hydrogens (tertiary/aromatic N) is 2. The number of amides is 2. The molecule has 0 radical (unpaired) electrons. The van der Waals surface area contributed by atoms with Crippen molar-refractivity contribution in [3.05, 3.63) is 35.9 Å². The van der Waals surface area contributed by atoms with Gasteiger partial charge in [-0.25, -0.2) is 9.59 Å². The normalized spacial score (nSPS) is 17.7. The zero-order valence-corrected chi connectivity index (χ0v) is 19.9. The molecule has 1 aromatic rings. The second-order valence-corrected chi connectivity index (χ2v) is 9.37. The first-order valence-electron chi connectivity index (χ1n) is 11.1. The van der Waals surface area contributed by atoms with Crippen LogP contribution in [0, 0.1) is 5.41 Å². The Morgan fingerprint density at radius 3 is 2.36 bits per heavy atom. The molecular weight excluding hydrogens is 428 g/mol. The third-order valence-electron chi connectivity index (χ3n) is 5.91. The van der Waals surface area contributed by atoms with Crippen LogP contribution in [0.1, 0.15) is 53.0 Å². The van der Waals surface area contributed by atoms with Crippen molar-refractivity contribution < 1.29 is 33.8 Å². The van der Waals surface area contributed by atoms with E-state index in [2.05, 4.69) is 0 Å². The van der Waals surface area contributed by atoms with Crippen LogP contribution < -0.4 is 0 Å². The summed E-state index contributed by atoms with van der Waals surface area (Å²) in [5, 5.41) is 9.42. The highest BCUT2D eigenvalue weighted by Gasteiger charge is 2.40. The predicted molar refractivity (Wildman–Crippen MR) is 120 cm³/mol. The summed E-state index contributed by atoms with van der Waals surface area (Å²) < 4.78 is 10.8. The van der Waals surface area contributed by atoms with E-state index in [4.69, 9.17) is 9.47 Å². The molecule has 33 heavy (non-hydrogen) atoms. The lowest BCUT2D eigenvalue weighted by atomic mass is 9.90. The van der Waals surface area contributed by atoms with Gasteiger partial charge in [0, 0.05) is 6.54 Å². The van der Waals surface area contributed by atoms with Gasteiger partial charge in [-0.05, 0) is 37.7 Å². The first-order valence-corrected chi connectivity index (χ1v) is 11.1. The van der Waals surface area contributed by atoms with Gasteiger partial charge in [0.05, 0.1) is 0 Å². The number of aliphatic carboxylic acids is 1. The third-order valence-corrected chi connectivity index (χ3v) is 5.91. The zero-order chi connectivity index (χ0) is 24.8. The molecule has 9 nitrogen and oxygen atoms in total. The van der Waals surface area contributed by atoms with Crippen LogP contribution in [-0.4, -0.2) is 70.1 Å². The number of hydrogen-bond donors (Lipinski definition) is 1. The van der Waals surface area contributed by atoms with E-state index in [1.807, 2.05) is 26.8 Å². The van der Waals surface area contributed by atoms with Gasteiger partial charge in [0.25, 0.3) is 0 Å². The molecule has 1 fully saturated rings. The summed E-state index contributed by atoms with van der Waals surface area (Å²) in [5.74, 6) is -2.32. The maximum Gasteiger partial charge on any atom is 0.411 e. The molecule has 0 saturated carbocycles. The molecule has 2 rings (SSSR count). The van der Waals surface area contributed by atoms with Crippen molar-refractivity contribution in [2.75, 3.05) is 13.1 Å². The SMILES string of the molecule is CC(OC(=O)CN(C(=O)OCc1ccccc1)[C@@H](C)C(=O)N1CCC[C@H]1C(=O)O)C(C)(C)C. The van der Waals surface area contributed by atoms with Crippen LogP contribution in [0.2, 0.25) is 0 Å². The molecule has 182 valence electrons. The average molecular weight is 463 g/mol. The van der Waals surface area contributed by atoms with E-state index < -0.39 is 48.7 Å². The van der Waals surface area contributed by atoms with Gasteiger partial charge in [-0.1, -0.05) is 51.1 Å². The first kappa shape index (κ1) is 26.2. The van der Waals surface area contributed by atoms with Gasteiger partial charge in [0.15, 0.2) is 0 Å². The van der Waals surface area contributed by atoms with Crippen molar-refractivity contribution in [3.8, 4) is 0 Å². The number of carbonyl (C=O) groups excluding carboxylic acids is 3. The van der Waals surface area contributed by atoms with Crippen LogP contribution in [0.5, 0.6) is 0 Å². The molecule has 1 heterocycles. The summed E-state index contributed by atoms with van der Waals surface area (Å²) in [6.45, 7) is 8.72. The highest BCUT2D eigenvalue weighted by atomic mass is 16.6. The number of carboxylic acids is 1. The van der Waals surface area contributed by atoms with Gasteiger partial charge in [-0.2, -0.15) is 0 Å². The lowest BCUT2D eigenvalue weighted by Gasteiger charge is -2.32. The molecule has 1 aromatic carbocycles. The summed E-state index contributed by atoms with van der Waals surface area (Å²) in [4.78, 5) is 52.4. The van der Waals surface area contributed by atoms with E-state index in [0.717, 1.165) is 10.5 Å². The largest absolute Gasteiger partial charge is 0.480 e. The Balaban J connectivity index is 2.17. The molecular formula is C24H34N2O7. The number of esters is 1. The molecule has 0 spiro atoms. The Bertz CT molecular complexity index is 850. The van der Waals surface area contributed by atoms with Gasteiger partial charge in [-0.3, -0.25) is 14.5 Å². The van der Waals surface area contributed by atoms with Crippen LogP contribution in [0.4, 0.5) is 4.79 Å². The number of ether oxygens (including phenoxy) is 2. The van der Waals surface area contributed by atoms with Gasteiger partial charge in [0.1, 0.15) is 31.3 Å². The van der Waals surface area contributed by atoms with E-state index >= 15 is 0 Å². The molecule has 0 aromatic heterocycles. The minimum absolute atomic E-state index is 0.0357. The van der Waals surface area contributed by atoms with Gasteiger partial charge in [0.2, 0.25) is 5.91 Å². The molecule has 1 aliphatic heterocycles. The van der Waals surface area contributed by atoms with Crippen molar-refractivity contribution in [2.24, 2.45) is 5.41 Å². The summed E-state index contributed by atoms with van der Waals surface area (Å²) >= 11 is 0. The average Bonchev–Trinajstić information content (AvgIpc) is 3.25. The fourth-order valence-electron chi connectivity index (χ4n) is 3.37. The fourth-order valence-corrected chi connectivity index (χ4v) is 3.37. The van der Waals surface area contributed by atoms with E-state index in [9.17, 15) is 24.3 Å². The van der Waals surface area contributed by atoms with Gasteiger partial charge in [-0.15, -0.1) is 0 Å². The standard InChI is InChI=1S/C24H34N2O7/c1-16(21(28)25-13-9-12-19(25)22(29)30)26(14-20(27)33-17(2)24(3,4)5)23(31)32-15-18-10-7-6-8-11-18/h6-8,10-11,16-17,19H,9,12-15H2,1-5H3,(H,29,30)/t16-,17?,19-/m0/s1. The van der Waals surface area contributed by atoms with Gasteiger partial charge >= 0.3 is 18.0 Å². The molecule has 1 aliphatic rings. The molecule has 2 amide bonds. The van der Waals surface area contributed by atoms with Gasteiger partial charge < -0.3 is 19.5 Å². The van der Waals surface area contributed by atoms with Crippen molar-refractivity contribution in [3.63, 3.8) is 0 Å². The summed E-state index contributed by atoms with van der Waals surface area (Å²) in [6, 6.07) is 6.95. The summed E-state index contributed by atoms with van der Waals surface area (Å²) in [6.07, 6.45) is -0.379. The molecule has 3 atom stereocenters. The van der Waals surface area contributed by atoms with Crippen LogP contribution >= 0.6 is 0 Å². The van der Waals surface area contributed by atoms with Crippen molar-refractivity contribution >= 4 is 23.9 Å². The maximum absolute atomic E-state index is 13.1. The van der Waals surface area contributed by atoms with Crippen LogP contribution in [0.25, 0.3) is 0 Å². The second kappa shape index (κ2) is 11.2. The van der Waals surface area contributed by atoms with E-state index in [0.29, 0.717) is 12.8 Å². The van der Waals surface area contributed by atoms with E-state index in [-0.39, 0.29) is 18.6 Å². The molecule has 1 N–H and O–H groups in total. The highest BCUT2D eigenvalue weighted by Crippen LogP contribution is 2.23. The fraction of sp³-hybridized carbons (Fsp3) is 0.583. The number of likely N-dealkylation sites (tertiary alicyclic amines) is 1. The van der Waals surface area contributed by atoms with Crippen molar-refractivity contribution in [2.45, 2.75) is 72.3 Å². The maximum atomic E-state index is 13.1. The molecule has 1 saturated heterocycles. The van der Waals surface area contributed by atoms with E-state index in [1.165, 1.54) is 11.8 Å². The smallest absolute Gasteiger partial charge is 0.411 e. The number of rotatable bonds is 8. The summed E-state index contributed by atoms with van der Waals surface area (Å²) in [7, 11) is 0. The number of benzene rings is 1. The lowest BCUT2D eigenvalue weighted by molar-refractivity contribution is -0.156. The van der Waals surface area contributed by atoms with Crippen molar-refractivity contribution in [1.29, 1.82) is 0 Å². The first-order chi connectivity index (χ1) is 15.4. The summed E-state index contributed by atoms with van der Waals surface area (Å²) in [5.41, 5.74) is 0.444. The molecule has 9 heteroatoms. The highest BCUT2D eigenvalue weighted by molar-refractivity contribution is 5.90. The van der Waals surface area contributed by atoms with Crippen LogP contribution in [-0.2, 0) is 30.5 Å². The lowest BCUT2D eigenvalue weighted by Crippen LogP contribution is -2.53. The van der Waals surface area contributed by atoms with E-state index in [1.54, 1.807) is 31.2 Å². The Hall–Kier alpha value is -3.10. The van der Waals surface area contributed by atoms with Crippen LogP contribution in [0.3, 0.4) is 0 Å². The molecule has 1 unspecified atom stereocenters. The number of hydrogen-bond acceptors (Lipinski definition) is 6. The number of carbonyl (C=O) groups is 4. The quantitative estimate of drug-likeness (QED) is 0.591. The topological polar surface area (TPSA) is 113 Å². The second-order valence-electron chi connectivity index (χ2n) is 9.37. The minimum Gasteiger partial charge on any atom is -0.480 e. The predicted octanol–water partition coefficient (Wildman–Crippen LogP) is 3.07. The van der Waals surface area contributed by atoms with Crippen LogP contribution in [0.15, 0.2) is 30.3 Å². The molecule has 0 bridgehead atoms. The third kappa shape index (κ3) is 7.20. The Kier molecular flexibility index (Phi) is 8.84. The Morgan fingerprint density at radius 1 is 1.15 bits per heavy atom. The zero-order valence-electron chi connectivity index (χ0n) is 19.9. The Labute approximate surface area is 194 Å². The molecule has 0 aliphatic carbocycles. The number of carboxylic acid groups (broad SMARTS) is 1. The minimum atomic E-state index is -1.11. The Morgan fingerprint density at radius 2 is 1.79 bits per heavy atom.